The summed E-state index contributed by atoms with van der Waals surface area (Å²) in [5.41, 5.74) is 4.18. The van der Waals surface area contributed by atoms with E-state index in [1.54, 1.807) is 12.1 Å². The van der Waals surface area contributed by atoms with Crippen molar-refractivity contribution in [2.75, 3.05) is 6.54 Å². The Bertz CT molecular complexity index is 978. The molecule has 5 nitrogen and oxygen atoms in total. The predicted octanol–water partition coefficient (Wildman–Crippen LogP) is 3.26. The summed E-state index contributed by atoms with van der Waals surface area (Å²) >= 11 is 0. The average Bonchev–Trinajstić information content (AvgIpc) is 3.06. The van der Waals surface area contributed by atoms with Crippen LogP contribution < -0.4 is 5.32 Å². The Hall–Kier alpha value is -3.08. The van der Waals surface area contributed by atoms with Crippen molar-refractivity contribution in [2.45, 2.75) is 32.4 Å². The molecule has 5 heteroatoms. The Kier molecular flexibility index (Phi) is 4.67. The summed E-state index contributed by atoms with van der Waals surface area (Å²) in [5, 5.41) is 4.11. The van der Waals surface area contributed by atoms with Gasteiger partial charge >= 0.3 is 0 Å². The van der Waals surface area contributed by atoms with Crippen molar-refractivity contribution in [3.05, 3.63) is 71.4 Å². The third kappa shape index (κ3) is 3.58. The smallest absolute Gasteiger partial charge is 0.251 e. The predicted molar refractivity (Wildman–Crippen MR) is 105 cm³/mol. The molecule has 1 unspecified atom stereocenters. The highest BCUT2D eigenvalue weighted by Crippen LogP contribution is 2.27. The number of H-pyrrole nitrogens is 1. The van der Waals surface area contributed by atoms with Gasteiger partial charge in [-0.25, -0.2) is 0 Å². The molecule has 1 aliphatic rings. The lowest BCUT2D eigenvalue weighted by Gasteiger charge is -2.28. The summed E-state index contributed by atoms with van der Waals surface area (Å²) in [6.07, 6.45) is 1.14. The van der Waals surface area contributed by atoms with Crippen molar-refractivity contribution in [1.82, 2.24) is 15.2 Å². The van der Waals surface area contributed by atoms with Crippen LogP contribution in [0.1, 0.15) is 35.0 Å². The van der Waals surface area contributed by atoms with E-state index in [0.29, 0.717) is 25.1 Å². The Labute approximate surface area is 158 Å². The third-order valence-corrected chi connectivity index (χ3v) is 5.13. The number of fused-ring (bicyclic) bond motifs is 3. The van der Waals surface area contributed by atoms with E-state index in [1.165, 1.54) is 16.6 Å². The normalized spacial score (nSPS) is 14.6. The highest BCUT2D eigenvalue weighted by Gasteiger charge is 2.25. The highest BCUT2D eigenvalue weighted by atomic mass is 16.2. The van der Waals surface area contributed by atoms with Crippen molar-refractivity contribution in [2.24, 2.45) is 0 Å². The second-order valence-corrected chi connectivity index (χ2v) is 7.14. The largest absolute Gasteiger partial charge is 0.358 e. The number of nitrogens with zero attached hydrogens (tertiary/aromatic N) is 1. The fourth-order valence-corrected chi connectivity index (χ4v) is 3.72. The van der Waals surface area contributed by atoms with Gasteiger partial charge < -0.3 is 15.2 Å². The lowest BCUT2D eigenvalue weighted by atomic mass is 10.0. The fourth-order valence-electron chi connectivity index (χ4n) is 3.72. The average molecular weight is 361 g/mol. The lowest BCUT2D eigenvalue weighted by Crippen LogP contribution is -2.41. The van der Waals surface area contributed by atoms with Crippen LogP contribution in [0.25, 0.3) is 10.9 Å². The summed E-state index contributed by atoms with van der Waals surface area (Å²) in [6.45, 7) is 3.20. The van der Waals surface area contributed by atoms with E-state index in [4.69, 9.17) is 0 Å². The number of aromatic nitrogens is 1. The topological polar surface area (TPSA) is 65.2 Å². The number of amides is 2. The summed E-state index contributed by atoms with van der Waals surface area (Å²) in [4.78, 5) is 30.4. The molecule has 0 bridgehead atoms. The van der Waals surface area contributed by atoms with Gasteiger partial charge in [-0.2, -0.15) is 0 Å². The molecule has 2 heterocycles. The van der Waals surface area contributed by atoms with Crippen LogP contribution in [0.15, 0.2) is 54.6 Å². The number of para-hydroxylation sites is 1. The van der Waals surface area contributed by atoms with Gasteiger partial charge in [0.1, 0.15) is 0 Å². The SMILES string of the molecule is CC(CC(=O)N1CCc2[nH]c3ccccc3c2C1)NC(=O)c1ccccc1. The van der Waals surface area contributed by atoms with Crippen molar-refractivity contribution in [1.29, 1.82) is 0 Å². The van der Waals surface area contributed by atoms with Gasteiger partial charge in [-0.3, -0.25) is 9.59 Å². The van der Waals surface area contributed by atoms with Crippen molar-refractivity contribution in [3.8, 4) is 0 Å². The molecule has 2 amide bonds. The summed E-state index contributed by atoms with van der Waals surface area (Å²) in [5.74, 6) is -0.0692. The molecule has 27 heavy (non-hydrogen) atoms. The molecule has 4 rings (SSSR count). The molecule has 138 valence electrons. The van der Waals surface area contributed by atoms with Gasteiger partial charge in [0.2, 0.25) is 5.91 Å². The van der Waals surface area contributed by atoms with Crippen molar-refractivity contribution in [3.63, 3.8) is 0 Å². The Morgan fingerprint density at radius 3 is 2.67 bits per heavy atom. The highest BCUT2D eigenvalue weighted by molar-refractivity contribution is 5.94. The zero-order valence-corrected chi connectivity index (χ0v) is 15.4. The molecule has 1 aliphatic heterocycles. The fraction of sp³-hybridized carbons (Fsp3) is 0.273. The summed E-state index contributed by atoms with van der Waals surface area (Å²) < 4.78 is 0. The van der Waals surface area contributed by atoms with Crippen molar-refractivity contribution >= 4 is 22.7 Å². The first-order valence-corrected chi connectivity index (χ1v) is 9.34. The minimum atomic E-state index is -0.213. The quantitative estimate of drug-likeness (QED) is 0.749. The number of hydrogen-bond donors (Lipinski definition) is 2. The van der Waals surface area contributed by atoms with E-state index in [1.807, 2.05) is 42.2 Å². The van der Waals surface area contributed by atoms with Gasteiger partial charge in [0.05, 0.1) is 0 Å². The van der Waals surface area contributed by atoms with E-state index in [9.17, 15) is 9.59 Å². The molecule has 1 aromatic heterocycles. The molecule has 2 N–H and O–H groups in total. The second-order valence-electron chi connectivity index (χ2n) is 7.14. The zero-order chi connectivity index (χ0) is 18.8. The monoisotopic (exact) mass is 361 g/mol. The molecule has 1 atom stereocenters. The molecule has 0 radical (unpaired) electrons. The molecular formula is C22H23N3O2. The van der Waals surface area contributed by atoms with Crippen LogP contribution in [0.5, 0.6) is 0 Å². The first kappa shape index (κ1) is 17.3. The Balaban J connectivity index is 1.39. The summed E-state index contributed by atoms with van der Waals surface area (Å²) in [7, 11) is 0. The van der Waals surface area contributed by atoms with E-state index in [2.05, 4.69) is 22.4 Å². The maximum atomic E-state index is 12.8. The molecular weight excluding hydrogens is 338 g/mol. The van der Waals surface area contributed by atoms with Gasteiger partial charge in [-0.15, -0.1) is 0 Å². The van der Waals surface area contributed by atoms with Gasteiger partial charge in [0.15, 0.2) is 0 Å². The maximum Gasteiger partial charge on any atom is 0.251 e. The molecule has 0 fully saturated rings. The minimum absolute atomic E-state index is 0.0757. The van der Waals surface area contributed by atoms with Crippen molar-refractivity contribution < 1.29 is 9.59 Å². The molecule has 0 spiro atoms. The number of benzene rings is 2. The molecule has 0 aliphatic carbocycles. The molecule has 0 saturated heterocycles. The third-order valence-electron chi connectivity index (χ3n) is 5.13. The van der Waals surface area contributed by atoms with E-state index in [-0.39, 0.29) is 17.9 Å². The Morgan fingerprint density at radius 2 is 1.85 bits per heavy atom. The van der Waals surface area contributed by atoms with E-state index in [0.717, 1.165) is 11.9 Å². The summed E-state index contributed by atoms with van der Waals surface area (Å²) in [6, 6.07) is 17.1. The lowest BCUT2D eigenvalue weighted by molar-refractivity contribution is -0.132. The number of carbonyl (C=O) groups excluding carboxylic acids is 2. The minimum Gasteiger partial charge on any atom is -0.358 e. The maximum absolute atomic E-state index is 12.8. The number of rotatable bonds is 4. The number of hydrogen-bond acceptors (Lipinski definition) is 2. The van der Waals surface area contributed by atoms with Gasteiger partial charge in [-0.05, 0) is 25.1 Å². The van der Waals surface area contributed by atoms with Crippen LogP contribution in [-0.2, 0) is 17.8 Å². The van der Waals surface area contributed by atoms with Crippen LogP contribution >= 0.6 is 0 Å². The van der Waals surface area contributed by atoms with Crippen LogP contribution in [0, 0.1) is 0 Å². The van der Waals surface area contributed by atoms with Gasteiger partial charge in [-0.1, -0.05) is 36.4 Å². The first-order valence-electron chi connectivity index (χ1n) is 9.34. The molecule has 0 saturated carbocycles. The van der Waals surface area contributed by atoms with Gasteiger partial charge in [0.25, 0.3) is 5.91 Å². The van der Waals surface area contributed by atoms with Crippen LogP contribution in [-0.4, -0.2) is 34.3 Å². The van der Waals surface area contributed by atoms with Crippen LogP contribution in [0.4, 0.5) is 0 Å². The van der Waals surface area contributed by atoms with Gasteiger partial charge in [0, 0.05) is 59.7 Å². The van der Waals surface area contributed by atoms with E-state index < -0.39 is 0 Å². The van der Waals surface area contributed by atoms with Crippen LogP contribution in [0.2, 0.25) is 0 Å². The number of carbonyl (C=O) groups is 2. The second kappa shape index (κ2) is 7.27. The standard InChI is InChI=1S/C22H23N3O2/c1-15(23-22(27)16-7-3-2-4-8-16)13-21(26)25-12-11-20-18(14-25)17-9-5-6-10-19(17)24-20/h2-10,15,24H,11-14H2,1H3,(H,23,27). The number of aromatic amines is 1. The Morgan fingerprint density at radius 1 is 1.11 bits per heavy atom. The molecule has 3 aromatic rings. The zero-order valence-electron chi connectivity index (χ0n) is 15.4. The first-order chi connectivity index (χ1) is 13.1. The van der Waals surface area contributed by atoms with E-state index >= 15 is 0 Å². The molecule has 2 aromatic carbocycles. The number of nitrogens with one attached hydrogen (secondary N) is 2. The van der Waals surface area contributed by atoms with Crippen LogP contribution in [0.3, 0.4) is 0 Å².